The van der Waals surface area contributed by atoms with Crippen LogP contribution in [0.5, 0.6) is 0 Å². The first-order valence-electron chi connectivity index (χ1n) is 9.44. The van der Waals surface area contributed by atoms with Gasteiger partial charge >= 0.3 is 0 Å². The van der Waals surface area contributed by atoms with Crippen molar-refractivity contribution in [1.29, 1.82) is 0 Å². The van der Waals surface area contributed by atoms with Crippen LogP contribution in [0.15, 0.2) is 42.5 Å². The van der Waals surface area contributed by atoms with E-state index in [9.17, 15) is 9.59 Å². The monoisotopic (exact) mass is 384 g/mol. The minimum absolute atomic E-state index is 0.0509. The molecule has 3 rings (SSSR count). The molecule has 0 aliphatic carbocycles. The summed E-state index contributed by atoms with van der Waals surface area (Å²) < 4.78 is 0. The van der Waals surface area contributed by atoms with E-state index in [1.54, 1.807) is 11.0 Å². The molecule has 0 saturated carbocycles. The Morgan fingerprint density at radius 3 is 2.63 bits per heavy atom. The molecule has 4 nitrogen and oxygen atoms in total. The van der Waals surface area contributed by atoms with Gasteiger partial charge in [-0.15, -0.1) is 0 Å². The highest BCUT2D eigenvalue weighted by Gasteiger charge is 2.35. The number of benzene rings is 2. The summed E-state index contributed by atoms with van der Waals surface area (Å²) in [5.74, 6) is -0.535. The van der Waals surface area contributed by atoms with Gasteiger partial charge < -0.3 is 10.2 Å². The highest BCUT2D eigenvalue weighted by molar-refractivity contribution is 6.31. The molecule has 0 aromatic heterocycles. The Morgan fingerprint density at radius 1 is 1.22 bits per heavy atom. The maximum absolute atomic E-state index is 12.6. The number of unbranched alkanes of at least 4 members (excludes halogenated alkanes) is 1. The van der Waals surface area contributed by atoms with Crippen molar-refractivity contribution in [3.8, 4) is 0 Å². The number of amides is 2. The predicted octanol–water partition coefficient (Wildman–Crippen LogP) is 4.98. The number of nitrogens with one attached hydrogen (secondary N) is 1. The van der Waals surface area contributed by atoms with Gasteiger partial charge in [-0.05, 0) is 55.2 Å². The van der Waals surface area contributed by atoms with Gasteiger partial charge in [0, 0.05) is 29.4 Å². The summed E-state index contributed by atoms with van der Waals surface area (Å²) in [6.45, 7) is 4.46. The van der Waals surface area contributed by atoms with Gasteiger partial charge in [0.25, 0.3) is 0 Å². The van der Waals surface area contributed by atoms with Crippen LogP contribution < -0.4 is 10.2 Å². The molecule has 0 radical (unpaired) electrons. The van der Waals surface area contributed by atoms with Crippen molar-refractivity contribution in [1.82, 2.24) is 0 Å². The van der Waals surface area contributed by atoms with E-state index >= 15 is 0 Å². The first-order chi connectivity index (χ1) is 13.0. The second kappa shape index (κ2) is 8.57. The topological polar surface area (TPSA) is 49.4 Å². The van der Waals surface area contributed by atoms with E-state index in [2.05, 4.69) is 12.2 Å². The van der Waals surface area contributed by atoms with Gasteiger partial charge in [-0.3, -0.25) is 9.59 Å². The molecule has 1 atom stereocenters. The lowest BCUT2D eigenvalue weighted by molar-refractivity contribution is -0.122. The second-order valence-corrected chi connectivity index (χ2v) is 7.54. The maximum atomic E-state index is 12.6. The minimum atomic E-state index is -0.364. The van der Waals surface area contributed by atoms with E-state index in [-0.39, 0.29) is 24.2 Å². The summed E-state index contributed by atoms with van der Waals surface area (Å²) in [5, 5.41) is 3.56. The fourth-order valence-corrected chi connectivity index (χ4v) is 3.44. The fraction of sp³-hybridized carbons (Fsp3) is 0.364. The number of aryl methyl sites for hydroxylation is 2. The first-order valence-corrected chi connectivity index (χ1v) is 9.82. The summed E-state index contributed by atoms with van der Waals surface area (Å²) >= 11 is 6.17. The first kappa shape index (κ1) is 19.4. The largest absolute Gasteiger partial charge is 0.326 e. The molecule has 2 amide bonds. The zero-order valence-corrected chi connectivity index (χ0v) is 16.6. The summed E-state index contributed by atoms with van der Waals surface area (Å²) in [5.41, 5.74) is 3.74. The molecule has 0 unspecified atom stereocenters. The molecule has 1 fully saturated rings. The van der Waals surface area contributed by atoms with Crippen molar-refractivity contribution in [3.63, 3.8) is 0 Å². The van der Waals surface area contributed by atoms with Crippen molar-refractivity contribution in [3.05, 3.63) is 58.6 Å². The molecule has 1 saturated heterocycles. The van der Waals surface area contributed by atoms with E-state index < -0.39 is 0 Å². The Hall–Kier alpha value is -2.33. The normalized spacial score (nSPS) is 16.6. The van der Waals surface area contributed by atoms with Crippen LogP contribution in [-0.4, -0.2) is 18.4 Å². The van der Waals surface area contributed by atoms with E-state index in [1.807, 2.05) is 43.3 Å². The number of nitrogens with zero attached hydrogens (tertiary/aromatic N) is 1. The summed E-state index contributed by atoms with van der Waals surface area (Å²) in [6, 6.07) is 13.5. The molecular weight excluding hydrogens is 360 g/mol. The van der Waals surface area contributed by atoms with Crippen molar-refractivity contribution < 1.29 is 9.59 Å². The van der Waals surface area contributed by atoms with Crippen LogP contribution in [0.3, 0.4) is 0 Å². The second-order valence-electron chi connectivity index (χ2n) is 7.13. The van der Waals surface area contributed by atoms with Gasteiger partial charge in [-0.25, -0.2) is 0 Å². The number of carbonyl (C=O) groups is 2. The lowest BCUT2D eigenvalue weighted by Crippen LogP contribution is -2.28. The molecule has 0 bridgehead atoms. The van der Waals surface area contributed by atoms with Gasteiger partial charge in [0.05, 0.1) is 5.92 Å². The van der Waals surface area contributed by atoms with Crippen molar-refractivity contribution >= 4 is 34.8 Å². The van der Waals surface area contributed by atoms with Crippen LogP contribution in [0.4, 0.5) is 11.4 Å². The number of halogens is 1. The molecule has 142 valence electrons. The van der Waals surface area contributed by atoms with Crippen LogP contribution >= 0.6 is 11.6 Å². The SMILES string of the molecule is CCCCc1ccc(NC(=O)[C@H]2CC(=O)N(c3ccc(C)c(Cl)c3)C2)cc1. The summed E-state index contributed by atoms with van der Waals surface area (Å²) in [7, 11) is 0. The van der Waals surface area contributed by atoms with Crippen LogP contribution in [0.25, 0.3) is 0 Å². The molecule has 1 aliphatic heterocycles. The van der Waals surface area contributed by atoms with Gasteiger partial charge in [0.2, 0.25) is 11.8 Å². The Balaban J connectivity index is 1.62. The molecule has 27 heavy (non-hydrogen) atoms. The summed E-state index contributed by atoms with van der Waals surface area (Å²) in [6.07, 6.45) is 3.59. The third kappa shape index (κ3) is 4.69. The lowest BCUT2D eigenvalue weighted by atomic mass is 10.1. The Labute approximate surface area is 165 Å². The highest BCUT2D eigenvalue weighted by atomic mass is 35.5. The van der Waals surface area contributed by atoms with Gasteiger partial charge in [-0.1, -0.05) is 43.1 Å². The Bertz CT molecular complexity index is 833. The molecule has 0 spiro atoms. The van der Waals surface area contributed by atoms with Gasteiger partial charge in [0.1, 0.15) is 0 Å². The zero-order valence-electron chi connectivity index (χ0n) is 15.8. The van der Waals surface area contributed by atoms with Crippen LogP contribution in [0.1, 0.15) is 37.3 Å². The standard InChI is InChI=1S/C22H25ClN2O2/c1-3-4-5-16-7-9-18(10-8-16)24-22(27)17-12-21(26)25(14-17)19-11-6-15(2)20(23)13-19/h6-11,13,17H,3-5,12,14H2,1-2H3,(H,24,27)/t17-/m0/s1. The van der Waals surface area contributed by atoms with E-state index in [4.69, 9.17) is 11.6 Å². The lowest BCUT2D eigenvalue weighted by Gasteiger charge is -2.17. The Morgan fingerprint density at radius 2 is 1.96 bits per heavy atom. The molecule has 1 heterocycles. The van der Waals surface area contributed by atoms with E-state index in [0.29, 0.717) is 11.6 Å². The maximum Gasteiger partial charge on any atom is 0.229 e. The van der Waals surface area contributed by atoms with E-state index in [1.165, 1.54) is 5.56 Å². The number of rotatable bonds is 6. The molecule has 2 aromatic carbocycles. The smallest absolute Gasteiger partial charge is 0.229 e. The van der Waals surface area contributed by atoms with Crippen LogP contribution in [0.2, 0.25) is 5.02 Å². The zero-order chi connectivity index (χ0) is 19.4. The third-order valence-electron chi connectivity index (χ3n) is 5.00. The average Bonchev–Trinajstić information content (AvgIpc) is 3.05. The third-order valence-corrected chi connectivity index (χ3v) is 5.41. The number of carbonyl (C=O) groups excluding carboxylic acids is 2. The Kier molecular flexibility index (Phi) is 6.17. The highest BCUT2D eigenvalue weighted by Crippen LogP contribution is 2.29. The molecule has 1 N–H and O–H groups in total. The molecule has 1 aliphatic rings. The predicted molar refractivity (Wildman–Crippen MR) is 110 cm³/mol. The number of hydrogen-bond acceptors (Lipinski definition) is 2. The van der Waals surface area contributed by atoms with Crippen LogP contribution in [-0.2, 0) is 16.0 Å². The van der Waals surface area contributed by atoms with Crippen molar-refractivity contribution in [2.45, 2.75) is 39.5 Å². The number of anilines is 2. The van der Waals surface area contributed by atoms with Crippen LogP contribution in [0, 0.1) is 12.8 Å². The van der Waals surface area contributed by atoms with Crippen molar-refractivity contribution in [2.75, 3.05) is 16.8 Å². The minimum Gasteiger partial charge on any atom is -0.326 e. The molecule has 5 heteroatoms. The van der Waals surface area contributed by atoms with E-state index in [0.717, 1.165) is 36.2 Å². The van der Waals surface area contributed by atoms with Crippen molar-refractivity contribution in [2.24, 2.45) is 5.92 Å². The summed E-state index contributed by atoms with van der Waals surface area (Å²) in [4.78, 5) is 26.6. The quantitative estimate of drug-likeness (QED) is 0.763. The van der Waals surface area contributed by atoms with Gasteiger partial charge in [0.15, 0.2) is 0 Å². The average molecular weight is 385 g/mol. The fourth-order valence-electron chi connectivity index (χ4n) is 3.26. The molecular formula is C22H25ClN2O2. The van der Waals surface area contributed by atoms with Gasteiger partial charge in [-0.2, -0.15) is 0 Å². The number of hydrogen-bond donors (Lipinski definition) is 1. The molecule has 2 aromatic rings.